The highest BCUT2D eigenvalue weighted by molar-refractivity contribution is 5.76. The van der Waals surface area contributed by atoms with Gasteiger partial charge in [-0.25, -0.2) is 9.48 Å². The number of nitrogens with two attached hydrogens (primary N) is 1. The Morgan fingerprint density at radius 2 is 2.00 bits per heavy atom. The molecule has 1 atom stereocenters. The average Bonchev–Trinajstić information content (AvgIpc) is 3.10. The molecule has 182 valence electrons. The van der Waals surface area contributed by atoms with Crippen molar-refractivity contribution in [2.45, 2.75) is 45.4 Å². The molecule has 0 aliphatic carbocycles. The molecule has 0 unspecified atom stereocenters. The Hall–Kier alpha value is -3.11. The summed E-state index contributed by atoms with van der Waals surface area (Å²) in [5.41, 5.74) is 4.40. The van der Waals surface area contributed by atoms with Crippen LogP contribution in [0.3, 0.4) is 0 Å². The first-order valence-corrected chi connectivity index (χ1v) is 10.7. The molecule has 1 aromatic heterocycles. The first-order chi connectivity index (χ1) is 15.3. The molecule has 8 nitrogen and oxygen atoms in total. The molecule has 0 saturated carbocycles. The second-order valence-electron chi connectivity index (χ2n) is 9.11. The molecule has 33 heavy (non-hydrogen) atoms. The number of hydrogen-bond acceptors (Lipinski definition) is 6. The summed E-state index contributed by atoms with van der Waals surface area (Å²) < 4.78 is 54.8. The third kappa shape index (κ3) is 6.23. The maximum absolute atomic E-state index is 14.2. The van der Waals surface area contributed by atoms with Gasteiger partial charge in [0.25, 0.3) is 0 Å². The molecule has 1 aliphatic heterocycles. The lowest BCUT2D eigenvalue weighted by Crippen LogP contribution is -2.43. The Morgan fingerprint density at radius 3 is 2.61 bits per heavy atom. The number of halogens is 3. The van der Waals surface area contributed by atoms with Gasteiger partial charge in [0.15, 0.2) is 0 Å². The van der Waals surface area contributed by atoms with Crippen molar-refractivity contribution in [3.63, 3.8) is 0 Å². The van der Waals surface area contributed by atoms with Gasteiger partial charge in [-0.3, -0.25) is 0 Å². The van der Waals surface area contributed by atoms with Crippen molar-refractivity contribution in [1.29, 1.82) is 0 Å². The number of aromatic nitrogens is 2. The SMILES string of the molecule is Cn1nccc1Oc1ccc(N)c(N2CCC[C@@H](CNC(=O)OC(C)(C)C)C2)c1C(F)(F)F. The van der Waals surface area contributed by atoms with Crippen LogP contribution in [0.5, 0.6) is 11.6 Å². The van der Waals surface area contributed by atoms with Crippen molar-refractivity contribution in [2.75, 3.05) is 30.3 Å². The molecule has 2 heterocycles. The zero-order chi connectivity index (χ0) is 24.4. The van der Waals surface area contributed by atoms with E-state index in [1.165, 1.54) is 29.1 Å². The summed E-state index contributed by atoms with van der Waals surface area (Å²) in [5, 5.41) is 6.64. The lowest BCUT2D eigenvalue weighted by Gasteiger charge is -2.37. The zero-order valence-corrected chi connectivity index (χ0v) is 19.2. The highest BCUT2D eigenvalue weighted by Gasteiger charge is 2.41. The number of nitrogen functional groups attached to an aromatic ring is 1. The van der Waals surface area contributed by atoms with Gasteiger partial charge in [-0.1, -0.05) is 0 Å². The quantitative estimate of drug-likeness (QED) is 0.624. The summed E-state index contributed by atoms with van der Waals surface area (Å²) in [7, 11) is 1.58. The predicted molar refractivity (Wildman–Crippen MR) is 118 cm³/mol. The number of aryl methyl sites for hydroxylation is 1. The van der Waals surface area contributed by atoms with Gasteiger partial charge in [0.1, 0.15) is 16.9 Å². The third-order valence-corrected chi connectivity index (χ3v) is 5.21. The molecule has 0 bridgehead atoms. The van der Waals surface area contributed by atoms with Gasteiger partial charge in [-0.15, -0.1) is 0 Å². The van der Waals surface area contributed by atoms with Crippen LogP contribution >= 0.6 is 0 Å². The van der Waals surface area contributed by atoms with E-state index < -0.39 is 23.4 Å². The maximum Gasteiger partial charge on any atom is 0.422 e. The Morgan fingerprint density at radius 1 is 1.27 bits per heavy atom. The number of anilines is 2. The number of nitrogens with one attached hydrogen (secondary N) is 1. The number of carbonyl (C=O) groups excluding carboxylic acids is 1. The van der Waals surface area contributed by atoms with Crippen LogP contribution in [-0.2, 0) is 18.0 Å². The van der Waals surface area contributed by atoms with Crippen LogP contribution in [0.25, 0.3) is 0 Å². The summed E-state index contributed by atoms with van der Waals surface area (Å²) in [6.07, 6.45) is -2.39. The van der Waals surface area contributed by atoms with Crippen molar-refractivity contribution in [3.05, 3.63) is 30.0 Å². The molecule has 3 N–H and O–H groups in total. The molecule has 1 amide bonds. The number of alkyl halides is 3. The zero-order valence-electron chi connectivity index (χ0n) is 19.2. The fraction of sp³-hybridized carbons (Fsp3) is 0.545. The minimum absolute atomic E-state index is 0.0143. The second kappa shape index (κ2) is 9.40. The molecule has 1 aromatic carbocycles. The first-order valence-electron chi connectivity index (χ1n) is 10.7. The predicted octanol–water partition coefficient (Wildman–Crippen LogP) is 4.55. The molecule has 3 rings (SSSR count). The van der Waals surface area contributed by atoms with E-state index in [1.807, 2.05) is 0 Å². The highest BCUT2D eigenvalue weighted by atomic mass is 19.4. The summed E-state index contributed by atoms with van der Waals surface area (Å²) in [6.45, 7) is 6.28. The molecule has 1 saturated heterocycles. The number of benzene rings is 1. The minimum Gasteiger partial charge on any atom is -0.444 e. The van der Waals surface area contributed by atoms with Crippen molar-refractivity contribution in [2.24, 2.45) is 13.0 Å². The van der Waals surface area contributed by atoms with Gasteiger partial charge in [-0.2, -0.15) is 18.3 Å². The van der Waals surface area contributed by atoms with Crippen LogP contribution in [0, 0.1) is 5.92 Å². The van der Waals surface area contributed by atoms with Gasteiger partial charge < -0.3 is 25.4 Å². The molecule has 0 radical (unpaired) electrons. The normalized spacial score (nSPS) is 17.1. The van der Waals surface area contributed by atoms with Crippen LogP contribution in [0.2, 0.25) is 0 Å². The summed E-state index contributed by atoms with van der Waals surface area (Å²) in [6, 6.07) is 4.12. The molecule has 1 aliphatic rings. The first kappa shape index (κ1) is 24.5. The summed E-state index contributed by atoms with van der Waals surface area (Å²) in [5.74, 6) is -0.230. The number of amides is 1. The Kier molecular flexibility index (Phi) is 6.99. The molecule has 0 spiro atoms. The van der Waals surface area contributed by atoms with Crippen LogP contribution < -0.4 is 20.7 Å². The van der Waals surface area contributed by atoms with Gasteiger partial charge in [0.2, 0.25) is 5.88 Å². The highest BCUT2D eigenvalue weighted by Crippen LogP contribution is 2.47. The number of alkyl carbamates (subject to hydrolysis) is 1. The molecular weight excluding hydrogens is 439 g/mol. The maximum atomic E-state index is 14.2. The average molecular weight is 470 g/mol. The fourth-order valence-electron chi connectivity index (χ4n) is 3.84. The van der Waals surface area contributed by atoms with Gasteiger partial charge in [0, 0.05) is 32.7 Å². The van der Waals surface area contributed by atoms with Crippen molar-refractivity contribution >= 4 is 17.5 Å². The largest absolute Gasteiger partial charge is 0.444 e. The molecular formula is C22H30F3N5O3. The minimum atomic E-state index is -4.69. The van der Waals surface area contributed by atoms with Crippen molar-refractivity contribution < 1.29 is 27.4 Å². The number of carbonyl (C=O) groups is 1. The topological polar surface area (TPSA) is 94.6 Å². The number of piperidine rings is 1. The number of hydrogen-bond donors (Lipinski definition) is 2. The number of ether oxygens (including phenoxy) is 2. The van der Waals surface area contributed by atoms with E-state index in [9.17, 15) is 18.0 Å². The smallest absolute Gasteiger partial charge is 0.422 e. The van der Waals surface area contributed by atoms with Crippen molar-refractivity contribution in [3.8, 4) is 11.6 Å². The van der Waals surface area contributed by atoms with E-state index in [4.69, 9.17) is 15.2 Å². The van der Waals surface area contributed by atoms with Crippen LogP contribution in [0.1, 0.15) is 39.2 Å². The van der Waals surface area contributed by atoms with E-state index >= 15 is 0 Å². The van der Waals surface area contributed by atoms with Gasteiger partial charge in [0.05, 0.1) is 17.6 Å². The Labute approximate surface area is 190 Å². The summed E-state index contributed by atoms with van der Waals surface area (Å²) >= 11 is 0. The van der Waals surface area contributed by atoms with Crippen LogP contribution in [0.4, 0.5) is 29.3 Å². The van der Waals surface area contributed by atoms with Crippen LogP contribution in [0.15, 0.2) is 24.4 Å². The Balaban J connectivity index is 1.84. The molecule has 11 heteroatoms. The van der Waals surface area contributed by atoms with Crippen LogP contribution in [-0.4, -0.2) is 41.1 Å². The summed E-state index contributed by atoms with van der Waals surface area (Å²) in [4.78, 5) is 13.6. The van der Waals surface area contributed by atoms with E-state index in [1.54, 1.807) is 32.7 Å². The Bertz CT molecular complexity index is 985. The second-order valence-corrected chi connectivity index (χ2v) is 9.11. The standard InChI is InChI=1S/C22H30F3N5O3/c1-21(2,3)33-20(31)27-12-14-6-5-11-30(13-14)19-15(26)7-8-16(18(19)22(23,24)25)32-17-9-10-28-29(17)4/h7-10,14H,5-6,11-13,26H2,1-4H3,(H,27,31)/t14-/m0/s1. The number of rotatable bonds is 5. The lowest BCUT2D eigenvalue weighted by molar-refractivity contribution is -0.138. The van der Waals surface area contributed by atoms with E-state index in [0.717, 1.165) is 6.42 Å². The monoisotopic (exact) mass is 469 g/mol. The van der Waals surface area contributed by atoms with Gasteiger partial charge in [-0.05, 0) is 51.7 Å². The van der Waals surface area contributed by atoms with E-state index in [0.29, 0.717) is 19.5 Å². The lowest BCUT2D eigenvalue weighted by atomic mass is 9.96. The third-order valence-electron chi connectivity index (χ3n) is 5.21. The molecule has 1 fully saturated rings. The molecule has 2 aromatic rings. The van der Waals surface area contributed by atoms with Crippen molar-refractivity contribution in [1.82, 2.24) is 15.1 Å². The number of nitrogens with zero attached hydrogens (tertiary/aromatic N) is 3. The van der Waals surface area contributed by atoms with E-state index in [-0.39, 0.29) is 35.5 Å². The van der Waals surface area contributed by atoms with E-state index in [2.05, 4.69) is 10.4 Å². The van der Waals surface area contributed by atoms with Gasteiger partial charge >= 0.3 is 12.3 Å². The fourth-order valence-corrected chi connectivity index (χ4v) is 3.84.